The third-order valence-corrected chi connectivity index (χ3v) is 3.10. The van der Waals surface area contributed by atoms with Crippen molar-refractivity contribution in [2.45, 2.75) is 45.6 Å². The zero-order valence-corrected chi connectivity index (χ0v) is 12.4. The van der Waals surface area contributed by atoms with Gasteiger partial charge in [-0.25, -0.2) is 0 Å². The zero-order chi connectivity index (χ0) is 13.6. The molecule has 0 aromatic heterocycles. The summed E-state index contributed by atoms with van der Waals surface area (Å²) in [6.45, 7) is 10.5. The fraction of sp³-hybridized carbons (Fsp3) is 0.625. The lowest BCUT2D eigenvalue weighted by molar-refractivity contribution is 0.185. The van der Waals surface area contributed by atoms with Crippen LogP contribution in [0.4, 0.5) is 0 Å². The summed E-state index contributed by atoms with van der Waals surface area (Å²) >= 11 is 0. The summed E-state index contributed by atoms with van der Waals surface area (Å²) in [7, 11) is 1.77. The highest BCUT2D eigenvalue weighted by Gasteiger charge is 2.15. The van der Waals surface area contributed by atoms with Gasteiger partial charge in [-0.2, -0.15) is 0 Å². The summed E-state index contributed by atoms with van der Waals surface area (Å²) in [5.74, 6) is 0.518. The molecule has 0 aliphatic heterocycles. The van der Waals surface area contributed by atoms with E-state index in [4.69, 9.17) is 4.74 Å². The molecule has 0 saturated heterocycles. The lowest BCUT2D eigenvalue weighted by atomic mass is 9.94. The van der Waals surface area contributed by atoms with E-state index in [1.54, 1.807) is 7.11 Å². The molecule has 1 rings (SSSR count). The van der Waals surface area contributed by atoms with Crippen LogP contribution in [0.2, 0.25) is 0 Å². The molecule has 0 fully saturated rings. The maximum Gasteiger partial charge on any atom is 0.0468 e. The first-order valence-corrected chi connectivity index (χ1v) is 6.73. The van der Waals surface area contributed by atoms with E-state index in [0.717, 1.165) is 19.6 Å². The molecule has 1 atom stereocenters. The molecule has 0 aliphatic carbocycles. The molecule has 0 spiro atoms. The molecule has 0 amide bonds. The molecular formula is C16H27NO. The fourth-order valence-corrected chi connectivity index (χ4v) is 1.91. The molecule has 18 heavy (non-hydrogen) atoms. The zero-order valence-electron chi connectivity index (χ0n) is 12.4. The number of benzene rings is 1. The molecule has 0 saturated carbocycles. The van der Waals surface area contributed by atoms with E-state index in [1.807, 2.05) is 0 Å². The molecule has 1 N–H and O–H groups in total. The minimum atomic E-state index is 0.163. The van der Waals surface area contributed by atoms with Gasteiger partial charge in [-0.05, 0) is 45.6 Å². The number of ether oxygens (including phenoxy) is 1. The smallest absolute Gasteiger partial charge is 0.0468 e. The molecule has 102 valence electrons. The number of rotatable bonds is 6. The van der Waals surface area contributed by atoms with Crippen molar-refractivity contribution in [3.05, 3.63) is 35.4 Å². The van der Waals surface area contributed by atoms with Gasteiger partial charge in [0.25, 0.3) is 0 Å². The van der Waals surface area contributed by atoms with Gasteiger partial charge in [0, 0.05) is 25.8 Å². The van der Waals surface area contributed by atoms with Crippen molar-refractivity contribution in [3.63, 3.8) is 0 Å². The molecule has 0 bridgehead atoms. The Morgan fingerprint density at radius 1 is 1.17 bits per heavy atom. The number of hydrogen-bond acceptors (Lipinski definition) is 2. The van der Waals surface area contributed by atoms with Crippen molar-refractivity contribution < 1.29 is 4.74 Å². The first-order valence-electron chi connectivity index (χ1n) is 6.73. The fourth-order valence-electron chi connectivity index (χ4n) is 1.91. The van der Waals surface area contributed by atoms with Gasteiger partial charge < -0.3 is 10.1 Å². The lowest BCUT2D eigenvalue weighted by Gasteiger charge is -2.25. The van der Waals surface area contributed by atoms with Gasteiger partial charge in [0.2, 0.25) is 0 Å². The lowest BCUT2D eigenvalue weighted by Crippen LogP contribution is -2.38. The van der Waals surface area contributed by atoms with Gasteiger partial charge >= 0.3 is 0 Å². The van der Waals surface area contributed by atoms with Crippen LogP contribution in [0, 0.1) is 6.92 Å². The second-order valence-corrected chi connectivity index (χ2v) is 6.02. The van der Waals surface area contributed by atoms with Crippen molar-refractivity contribution >= 4 is 0 Å². The number of aryl methyl sites for hydroxylation is 1. The predicted molar refractivity (Wildman–Crippen MR) is 78.2 cm³/mol. The average Bonchev–Trinajstić information content (AvgIpc) is 2.29. The largest absolute Gasteiger partial charge is 0.385 e. The van der Waals surface area contributed by atoms with Crippen LogP contribution in [0.15, 0.2) is 24.3 Å². The summed E-state index contributed by atoms with van der Waals surface area (Å²) < 4.78 is 5.22. The van der Waals surface area contributed by atoms with Crippen LogP contribution in [-0.4, -0.2) is 25.8 Å². The Kier molecular flexibility index (Phi) is 5.83. The third kappa shape index (κ3) is 5.65. The van der Waals surface area contributed by atoms with E-state index in [9.17, 15) is 0 Å². The van der Waals surface area contributed by atoms with Gasteiger partial charge in [-0.15, -0.1) is 0 Å². The number of nitrogens with one attached hydrogen (secondary N) is 1. The molecule has 0 aliphatic rings. The first kappa shape index (κ1) is 15.2. The molecule has 0 radical (unpaired) electrons. The minimum Gasteiger partial charge on any atom is -0.385 e. The predicted octanol–water partition coefficient (Wildman–Crippen LogP) is 3.50. The maximum atomic E-state index is 5.22. The highest BCUT2D eigenvalue weighted by Crippen LogP contribution is 2.20. The Morgan fingerprint density at radius 2 is 1.78 bits per heavy atom. The van der Waals surface area contributed by atoms with Crippen molar-refractivity contribution in [1.29, 1.82) is 0 Å². The second-order valence-electron chi connectivity index (χ2n) is 6.02. The van der Waals surface area contributed by atoms with Gasteiger partial charge in [-0.3, -0.25) is 0 Å². The van der Waals surface area contributed by atoms with Crippen LogP contribution in [0.5, 0.6) is 0 Å². The van der Waals surface area contributed by atoms with Crippen molar-refractivity contribution in [3.8, 4) is 0 Å². The van der Waals surface area contributed by atoms with Gasteiger partial charge in [-0.1, -0.05) is 29.8 Å². The Bertz CT molecular complexity index is 337. The monoisotopic (exact) mass is 249 g/mol. The summed E-state index contributed by atoms with van der Waals surface area (Å²) in [6, 6.07) is 8.85. The molecule has 1 aromatic rings. The van der Waals surface area contributed by atoms with Crippen molar-refractivity contribution in [1.82, 2.24) is 5.32 Å². The Balaban J connectivity index is 2.68. The van der Waals surface area contributed by atoms with Crippen LogP contribution in [0.1, 0.15) is 44.2 Å². The topological polar surface area (TPSA) is 21.3 Å². The SMILES string of the molecule is COCCC(CNC(C)(C)C)c1ccc(C)cc1. The molecular weight excluding hydrogens is 222 g/mol. The molecule has 2 nitrogen and oxygen atoms in total. The molecule has 2 heteroatoms. The normalized spacial score (nSPS) is 13.6. The standard InChI is InChI=1S/C16H27NO/c1-13-6-8-14(9-7-13)15(10-11-18-5)12-17-16(2,3)4/h6-9,15,17H,10-12H2,1-5H3. The summed E-state index contributed by atoms with van der Waals surface area (Å²) in [6.07, 6.45) is 1.06. The summed E-state index contributed by atoms with van der Waals surface area (Å²) in [5, 5.41) is 3.59. The van der Waals surface area contributed by atoms with Gasteiger partial charge in [0.1, 0.15) is 0 Å². The van der Waals surface area contributed by atoms with Crippen LogP contribution in [-0.2, 0) is 4.74 Å². The Morgan fingerprint density at radius 3 is 2.28 bits per heavy atom. The van der Waals surface area contributed by atoms with Crippen molar-refractivity contribution in [2.24, 2.45) is 0 Å². The Labute approximate surface area is 112 Å². The van der Waals surface area contributed by atoms with Crippen LogP contribution in [0.3, 0.4) is 0 Å². The van der Waals surface area contributed by atoms with Gasteiger partial charge in [0.15, 0.2) is 0 Å². The molecule has 0 heterocycles. The quantitative estimate of drug-likeness (QED) is 0.833. The first-order chi connectivity index (χ1) is 8.42. The molecule has 1 unspecified atom stereocenters. The number of hydrogen-bond donors (Lipinski definition) is 1. The average molecular weight is 249 g/mol. The van der Waals surface area contributed by atoms with Crippen LogP contribution in [0.25, 0.3) is 0 Å². The van der Waals surface area contributed by atoms with E-state index in [1.165, 1.54) is 11.1 Å². The molecule has 1 aromatic carbocycles. The van der Waals surface area contributed by atoms with E-state index < -0.39 is 0 Å². The minimum absolute atomic E-state index is 0.163. The summed E-state index contributed by atoms with van der Waals surface area (Å²) in [5.41, 5.74) is 2.87. The number of methoxy groups -OCH3 is 1. The van der Waals surface area contributed by atoms with E-state index >= 15 is 0 Å². The second kappa shape index (κ2) is 6.91. The Hall–Kier alpha value is -0.860. The summed E-state index contributed by atoms with van der Waals surface area (Å²) in [4.78, 5) is 0. The van der Waals surface area contributed by atoms with E-state index in [-0.39, 0.29) is 5.54 Å². The van der Waals surface area contributed by atoms with Crippen LogP contribution >= 0.6 is 0 Å². The van der Waals surface area contributed by atoms with E-state index in [0.29, 0.717) is 5.92 Å². The highest BCUT2D eigenvalue weighted by atomic mass is 16.5. The van der Waals surface area contributed by atoms with Crippen LogP contribution < -0.4 is 5.32 Å². The highest BCUT2D eigenvalue weighted by molar-refractivity contribution is 5.24. The third-order valence-electron chi connectivity index (χ3n) is 3.10. The maximum absolute atomic E-state index is 5.22. The van der Waals surface area contributed by atoms with Gasteiger partial charge in [0.05, 0.1) is 0 Å². The van der Waals surface area contributed by atoms with Crippen molar-refractivity contribution in [2.75, 3.05) is 20.3 Å². The van der Waals surface area contributed by atoms with E-state index in [2.05, 4.69) is 57.3 Å².